The van der Waals surface area contributed by atoms with Crippen LogP contribution in [0.2, 0.25) is 0 Å². The van der Waals surface area contributed by atoms with E-state index in [1.54, 1.807) is 25.1 Å². The number of amides is 1. The zero-order valence-electron chi connectivity index (χ0n) is 11.6. The molecule has 4 heteroatoms. The molecule has 0 saturated heterocycles. The second-order valence-electron chi connectivity index (χ2n) is 4.27. The Bertz CT molecular complexity index is 500. The van der Waals surface area contributed by atoms with Crippen LogP contribution in [0.25, 0.3) is 0 Å². The molecule has 1 amide bonds. The van der Waals surface area contributed by atoms with E-state index in [-0.39, 0.29) is 12.5 Å². The third-order valence-corrected chi connectivity index (χ3v) is 2.61. The fraction of sp³-hybridized carbons (Fsp3) is 0.400. The van der Waals surface area contributed by atoms with E-state index in [2.05, 4.69) is 11.8 Å². The summed E-state index contributed by atoms with van der Waals surface area (Å²) in [5.74, 6) is 5.34. The predicted octanol–water partition coefficient (Wildman–Crippen LogP) is 1.06. The number of hydrogen-bond acceptors (Lipinski definition) is 3. The highest BCUT2D eigenvalue weighted by molar-refractivity contribution is 5.94. The molecular weight excluding hydrogens is 242 g/mol. The minimum atomic E-state index is -0.190. The summed E-state index contributed by atoms with van der Waals surface area (Å²) in [5.41, 5.74) is 2.30. The van der Waals surface area contributed by atoms with Crippen LogP contribution in [0, 0.1) is 18.8 Å². The van der Waals surface area contributed by atoms with E-state index in [1.165, 1.54) is 0 Å². The Hall–Kier alpha value is -1.83. The second kappa shape index (κ2) is 7.57. The number of rotatable bonds is 4. The van der Waals surface area contributed by atoms with Crippen LogP contribution >= 0.6 is 0 Å². The number of aliphatic hydroxyl groups is 1. The van der Waals surface area contributed by atoms with E-state index >= 15 is 0 Å². The van der Waals surface area contributed by atoms with Crippen molar-refractivity contribution in [1.82, 2.24) is 4.90 Å². The van der Waals surface area contributed by atoms with E-state index in [0.717, 1.165) is 11.1 Å². The van der Waals surface area contributed by atoms with Gasteiger partial charge >= 0.3 is 0 Å². The average molecular weight is 261 g/mol. The molecule has 0 aliphatic heterocycles. The van der Waals surface area contributed by atoms with Crippen molar-refractivity contribution in [2.45, 2.75) is 6.92 Å². The van der Waals surface area contributed by atoms with Crippen molar-refractivity contribution in [3.05, 3.63) is 34.9 Å². The van der Waals surface area contributed by atoms with Crippen molar-refractivity contribution in [3.63, 3.8) is 0 Å². The number of carbonyl (C=O) groups excluding carboxylic acids is 1. The van der Waals surface area contributed by atoms with Crippen LogP contribution in [0.3, 0.4) is 0 Å². The molecule has 1 rings (SSSR count). The summed E-state index contributed by atoms with van der Waals surface area (Å²) in [6.07, 6.45) is 0. The number of ether oxygens (including phenoxy) is 1. The molecule has 0 aliphatic carbocycles. The van der Waals surface area contributed by atoms with Crippen LogP contribution in [-0.4, -0.2) is 49.8 Å². The first-order valence-corrected chi connectivity index (χ1v) is 6.04. The topological polar surface area (TPSA) is 49.8 Å². The number of nitrogens with zero attached hydrogens (tertiary/aromatic N) is 1. The minimum absolute atomic E-state index is 0.0622. The molecule has 1 aromatic carbocycles. The summed E-state index contributed by atoms with van der Waals surface area (Å²) in [7, 11) is 3.34. The maximum atomic E-state index is 12.2. The fourth-order valence-corrected chi connectivity index (χ4v) is 1.67. The average Bonchev–Trinajstić information content (AvgIpc) is 2.41. The van der Waals surface area contributed by atoms with Gasteiger partial charge in [0.1, 0.15) is 6.61 Å². The monoisotopic (exact) mass is 261 g/mol. The minimum Gasteiger partial charge on any atom is -0.384 e. The first-order chi connectivity index (χ1) is 9.08. The fourth-order valence-electron chi connectivity index (χ4n) is 1.67. The van der Waals surface area contributed by atoms with Crippen LogP contribution < -0.4 is 0 Å². The molecule has 0 fully saturated rings. The Morgan fingerprint density at radius 3 is 2.79 bits per heavy atom. The van der Waals surface area contributed by atoms with Gasteiger partial charge in [-0.3, -0.25) is 4.79 Å². The largest absolute Gasteiger partial charge is 0.384 e. The number of aliphatic hydroxyl groups excluding tert-OH is 1. The van der Waals surface area contributed by atoms with E-state index in [0.29, 0.717) is 18.7 Å². The lowest BCUT2D eigenvalue weighted by Gasteiger charge is -2.17. The van der Waals surface area contributed by atoms with Gasteiger partial charge in [0.2, 0.25) is 0 Å². The molecule has 0 aromatic heterocycles. The van der Waals surface area contributed by atoms with Gasteiger partial charge in [-0.05, 0) is 30.7 Å². The second-order valence-corrected chi connectivity index (χ2v) is 4.27. The number of carbonyl (C=O) groups is 1. The quantitative estimate of drug-likeness (QED) is 0.824. The first-order valence-electron chi connectivity index (χ1n) is 6.04. The van der Waals surface area contributed by atoms with E-state index in [4.69, 9.17) is 9.84 Å². The lowest BCUT2D eigenvalue weighted by Crippen LogP contribution is -2.30. The van der Waals surface area contributed by atoms with Gasteiger partial charge in [-0.15, -0.1) is 0 Å². The highest BCUT2D eigenvalue weighted by atomic mass is 16.5. The number of aryl methyl sites for hydroxylation is 1. The molecule has 0 spiro atoms. The Morgan fingerprint density at radius 2 is 2.16 bits per heavy atom. The molecule has 0 aliphatic rings. The summed E-state index contributed by atoms with van der Waals surface area (Å²) in [4.78, 5) is 13.8. The molecule has 0 atom stereocenters. The molecule has 1 aromatic rings. The van der Waals surface area contributed by atoms with Gasteiger partial charge in [0.25, 0.3) is 5.91 Å². The van der Waals surface area contributed by atoms with Crippen molar-refractivity contribution in [2.75, 3.05) is 33.9 Å². The molecular formula is C15H19NO3. The molecule has 0 radical (unpaired) electrons. The molecule has 19 heavy (non-hydrogen) atoms. The third-order valence-electron chi connectivity index (χ3n) is 2.61. The Labute approximate surface area is 114 Å². The van der Waals surface area contributed by atoms with Crippen molar-refractivity contribution < 1.29 is 14.6 Å². The highest BCUT2D eigenvalue weighted by Crippen LogP contribution is 2.11. The molecule has 0 heterocycles. The van der Waals surface area contributed by atoms with E-state index in [9.17, 15) is 4.79 Å². The van der Waals surface area contributed by atoms with Crippen LogP contribution in [0.4, 0.5) is 0 Å². The molecule has 0 saturated carbocycles. The van der Waals surface area contributed by atoms with Gasteiger partial charge in [-0.25, -0.2) is 0 Å². The normalized spacial score (nSPS) is 9.68. The number of hydrogen-bond donors (Lipinski definition) is 1. The SMILES string of the molecule is COCCN(C)C(=O)c1cc(C)cc(C#CCO)c1. The van der Waals surface area contributed by atoms with Gasteiger partial charge in [-0.1, -0.05) is 11.8 Å². The van der Waals surface area contributed by atoms with Crippen LogP contribution in [-0.2, 0) is 4.74 Å². The van der Waals surface area contributed by atoms with Crippen molar-refractivity contribution in [2.24, 2.45) is 0 Å². The first kappa shape index (κ1) is 15.2. The predicted molar refractivity (Wildman–Crippen MR) is 74.0 cm³/mol. The Balaban J connectivity index is 2.93. The molecule has 1 N–H and O–H groups in total. The summed E-state index contributed by atoms with van der Waals surface area (Å²) >= 11 is 0. The maximum Gasteiger partial charge on any atom is 0.253 e. The highest BCUT2D eigenvalue weighted by Gasteiger charge is 2.12. The van der Waals surface area contributed by atoms with Crippen LogP contribution in [0.5, 0.6) is 0 Å². The molecule has 0 bridgehead atoms. The lowest BCUT2D eigenvalue weighted by atomic mass is 10.1. The van der Waals surface area contributed by atoms with Gasteiger partial charge in [0.05, 0.1) is 6.61 Å². The van der Waals surface area contributed by atoms with Crippen molar-refractivity contribution >= 4 is 5.91 Å². The van der Waals surface area contributed by atoms with Gasteiger partial charge in [-0.2, -0.15) is 0 Å². The standard InChI is InChI=1S/C15H19NO3/c1-12-9-13(5-4-7-17)11-14(10-12)15(18)16(2)6-8-19-3/h9-11,17H,6-8H2,1-3H3. The molecule has 0 unspecified atom stereocenters. The van der Waals surface area contributed by atoms with Crippen molar-refractivity contribution in [3.8, 4) is 11.8 Å². The number of benzene rings is 1. The van der Waals surface area contributed by atoms with Gasteiger partial charge in [0.15, 0.2) is 0 Å². The van der Waals surface area contributed by atoms with Crippen LogP contribution in [0.1, 0.15) is 21.5 Å². The Morgan fingerprint density at radius 1 is 1.42 bits per heavy atom. The molecule has 4 nitrogen and oxygen atoms in total. The van der Waals surface area contributed by atoms with Gasteiger partial charge < -0.3 is 14.7 Å². The zero-order valence-corrected chi connectivity index (χ0v) is 11.6. The Kier molecular flexibility index (Phi) is 6.07. The summed E-state index contributed by atoms with van der Waals surface area (Å²) in [5, 5.41) is 8.70. The van der Waals surface area contributed by atoms with E-state index in [1.807, 2.05) is 19.1 Å². The smallest absolute Gasteiger partial charge is 0.253 e. The maximum absolute atomic E-state index is 12.2. The summed E-state index contributed by atoms with van der Waals surface area (Å²) in [6.45, 7) is 2.77. The molecule has 102 valence electrons. The van der Waals surface area contributed by atoms with Gasteiger partial charge in [0, 0.05) is 31.8 Å². The number of likely N-dealkylation sites (N-methyl/N-ethyl adjacent to an activating group) is 1. The van der Waals surface area contributed by atoms with Crippen LogP contribution in [0.15, 0.2) is 18.2 Å². The van der Waals surface area contributed by atoms with E-state index < -0.39 is 0 Å². The van der Waals surface area contributed by atoms with Crippen molar-refractivity contribution in [1.29, 1.82) is 0 Å². The zero-order chi connectivity index (χ0) is 14.3. The summed E-state index contributed by atoms with van der Waals surface area (Å²) < 4.78 is 4.96. The number of methoxy groups -OCH3 is 1. The lowest BCUT2D eigenvalue weighted by molar-refractivity contribution is 0.0744. The third kappa shape index (κ3) is 4.74. The summed E-state index contributed by atoms with van der Waals surface area (Å²) in [6, 6.07) is 5.45.